The Kier molecular flexibility index (Phi) is 5.46. The van der Waals surface area contributed by atoms with E-state index in [1.807, 2.05) is 6.92 Å². The number of benzene rings is 1. The summed E-state index contributed by atoms with van der Waals surface area (Å²) in [4.78, 5) is 14.4. The van der Waals surface area contributed by atoms with E-state index in [0.29, 0.717) is 37.0 Å². The molecular weight excluding hydrogens is 312 g/mol. The van der Waals surface area contributed by atoms with Crippen molar-refractivity contribution >= 4 is 5.91 Å². The summed E-state index contributed by atoms with van der Waals surface area (Å²) in [6.45, 7) is 2.76. The molecule has 0 spiro atoms. The topological polar surface area (TPSA) is 44.4 Å². The van der Waals surface area contributed by atoms with Gasteiger partial charge in [-0.3, -0.25) is 15.6 Å². The van der Waals surface area contributed by atoms with Crippen molar-refractivity contribution in [1.82, 2.24) is 15.8 Å². The Bertz CT molecular complexity index is 596. The fourth-order valence-corrected chi connectivity index (χ4v) is 3.90. The Morgan fingerprint density at radius 3 is 2.75 bits per heavy atom. The molecule has 2 N–H and O–H groups in total. The highest BCUT2D eigenvalue weighted by Gasteiger charge is 2.38. The van der Waals surface area contributed by atoms with Crippen LogP contribution in [0.15, 0.2) is 18.2 Å². The summed E-state index contributed by atoms with van der Waals surface area (Å²) in [7, 11) is 0. The van der Waals surface area contributed by atoms with Crippen LogP contribution in [0.1, 0.15) is 44.6 Å². The second kappa shape index (κ2) is 7.57. The fourth-order valence-electron chi connectivity index (χ4n) is 3.90. The molecule has 3 atom stereocenters. The van der Waals surface area contributed by atoms with E-state index in [1.165, 1.54) is 18.9 Å². The Morgan fingerprint density at radius 2 is 2.00 bits per heavy atom. The van der Waals surface area contributed by atoms with Crippen molar-refractivity contribution < 1.29 is 13.6 Å². The summed E-state index contributed by atoms with van der Waals surface area (Å²) >= 11 is 0. The van der Waals surface area contributed by atoms with Crippen molar-refractivity contribution in [3.05, 3.63) is 35.4 Å². The Hall–Kier alpha value is -1.53. The Balaban J connectivity index is 1.60. The van der Waals surface area contributed by atoms with E-state index < -0.39 is 11.6 Å². The molecule has 1 aliphatic carbocycles. The largest absolute Gasteiger partial charge is 0.339 e. The Labute approximate surface area is 141 Å². The van der Waals surface area contributed by atoms with Gasteiger partial charge in [0.05, 0.1) is 0 Å². The lowest BCUT2D eigenvalue weighted by Crippen LogP contribution is -2.39. The van der Waals surface area contributed by atoms with Crippen molar-refractivity contribution in [2.24, 2.45) is 5.92 Å². The summed E-state index contributed by atoms with van der Waals surface area (Å²) in [5.41, 5.74) is 7.21. The fraction of sp³-hybridized carbons (Fsp3) is 0.611. The van der Waals surface area contributed by atoms with Gasteiger partial charge >= 0.3 is 0 Å². The number of nitrogens with one attached hydrogen (secondary N) is 2. The van der Waals surface area contributed by atoms with Crippen LogP contribution in [0.5, 0.6) is 0 Å². The van der Waals surface area contributed by atoms with Crippen LogP contribution in [0.3, 0.4) is 0 Å². The van der Waals surface area contributed by atoms with Crippen LogP contribution in [0.25, 0.3) is 0 Å². The molecule has 2 fully saturated rings. The number of hydrogen-bond donors (Lipinski definition) is 2. The number of fused-ring (bicyclic) bond motifs is 1. The standard InChI is InChI=1S/C18H25F2N3O/c1-2-23(11-12-7-8-14(19)15(20)9-12)18(24)10-17-13-5-3-4-6-16(13)21-22-17/h7-9,13,16-17,21-22H,2-6,10-11H2,1H3. The molecule has 1 aromatic carbocycles. The van der Waals surface area contributed by atoms with Gasteiger partial charge in [-0.1, -0.05) is 18.9 Å². The highest BCUT2D eigenvalue weighted by molar-refractivity contribution is 5.77. The predicted octanol–water partition coefficient (Wildman–Crippen LogP) is 2.74. The first-order chi connectivity index (χ1) is 11.6. The zero-order chi connectivity index (χ0) is 17.1. The lowest BCUT2D eigenvalue weighted by molar-refractivity contribution is -0.132. The third kappa shape index (κ3) is 3.75. The summed E-state index contributed by atoms with van der Waals surface area (Å²) in [5, 5.41) is 0. The molecule has 1 aromatic rings. The molecule has 2 aliphatic rings. The molecule has 1 amide bonds. The number of nitrogens with zero attached hydrogens (tertiary/aromatic N) is 1. The molecule has 1 heterocycles. The first kappa shape index (κ1) is 17.3. The first-order valence-corrected chi connectivity index (χ1v) is 8.81. The molecule has 3 unspecified atom stereocenters. The summed E-state index contributed by atoms with van der Waals surface area (Å²) in [6, 6.07) is 4.43. The molecular formula is C18H25F2N3O. The van der Waals surface area contributed by atoms with E-state index in [4.69, 9.17) is 0 Å². The highest BCUT2D eigenvalue weighted by atomic mass is 19.2. The van der Waals surface area contributed by atoms with Gasteiger partial charge in [0.2, 0.25) is 5.91 Å². The molecule has 132 valence electrons. The van der Waals surface area contributed by atoms with Crippen LogP contribution in [-0.4, -0.2) is 29.4 Å². The Morgan fingerprint density at radius 1 is 1.21 bits per heavy atom. The summed E-state index contributed by atoms with van der Waals surface area (Å²) < 4.78 is 26.4. The molecule has 6 heteroatoms. The third-order valence-electron chi connectivity index (χ3n) is 5.28. The number of carbonyl (C=O) groups is 1. The maximum Gasteiger partial charge on any atom is 0.224 e. The van der Waals surface area contributed by atoms with Crippen molar-refractivity contribution in [2.75, 3.05) is 6.54 Å². The van der Waals surface area contributed by atoms with Gasteiger partial charge in [-0.2, -0.15) is 0 Å². The van der Waals surface area contributed by atoms with E-state index in [-0.39, 0.29) is 11.9 Å². The SMILES string of the molecule is CCN(Cc1ccc(F)c(F)c1)C(=O)CC1NNC2CCCCC21. The van der Waals surface area contributed by atoms with Gasteiger partial charge in [-0.25, -0.2) is 8.78 Å². The lowest BCUT2D eigenvalue weighted by atomic mass is 9.81. The molecule has 0 bridgehead atoms. The smallest absolute Gasteiger partial charge is 0.224 e. The van der Waals surface area contributed by atoms with Gasteiger partial charge in [-0.15, -0.1) is 0 Å². The summed E-state index contributed by atoms with van der Waals surface area (Å²) in [5.74, 6) is -1.18. The molecule has 4 nitrogen and oxygen atoms in total. The second-order valence-corrected chi connectivity index (χ2v) is 6.81. The van der Waals surface area contributed by atoms with E-state index in [9.17, 15) is 13.6 Å². The van der Waals surface area contributed by atoms with Crippen molar-refractivity contribution in [3.63, 3.8) is 0 Å². The van der Waals surface area contributed by atoms with Crippen LogP contribution in [0, 0.1) is 17.6 Å². The maximum atomic E-state index is 13.4. The maximum absolute atomic E-state index is 13.4. The normalized spacial score (nSPS) is 26.2. The highest BCUT2D eigenvalue weighted by Crippen LogP contribution is 2.31. The van der Waals surface area contributed by atoms with Crippen LogP contribution < -0.4 is 10.9 Å². The van der Waals surface area contributed by atoms with E-state index in [2.05, 4.69) is 10.9 Å². The minimum absolute atomic E-state index is 0.0488. The third-order valence-corrected chi connectivity index (χ3v) is 5.28. The van der Waals surface area contributed by atoms with Gasteiger partial charge in [0.25, 0.3) is 0 Å². The van der Waals surface area contributed by atoms with Crippen LogP contribution >= 0.6 is 0 Å². The van der Waals surface area contributed by atoms with Crippen molar-refractivity contribution in [3.8, 4) is 0 Å². The number of carbonyl (C=O) groups excluding carboxylic acids is 1. The lowest BCUT2D eigenvalue weighted by Gasteiger charge is -2.28. The van der Waals surface area contributed by atoms with E-state index >= 15 is 0 Å². The van der Waals surface area contributed by atoms with E-state index in [1.54, 1.807) is 4.90 Å². The van der Waals surface area contributed by atoms with Crippen LogP contribution in [0.2, 0.25) is 0 Å². The molecule has 0 aromatic heterocycles. The minimum Gasteiger partial charge on any atom is -0.339 e. The minimum atomic E-state index is -0.872. The molecule has 24 heavy (non-hydrogen) atoms. The van der Waals surface area contributed by atoms with Crippen molar-refractivity contribution in [2.45, 2.75) is 57.7 Å². The van der Waals surface area contributed by atoms with Gasteiger partial charge in [0.15, 0.2) is 11.6 Å². The second-order valence-electron chi connectivity index (χ2n) is 6.81. The number of amides is 1. The van der Waals surface area contributed by atoms with Crippen molar-refractivity contribution in [1.29, 1.82) is 0 Å². The van der Waals surface area contributed by atoms with Gasteiger partial charge in [0.1, 0.15) is 0 Å². The quantitative estimate of drug-likeness (QED) is 0.868. The van der Waals surface area contributed by atoms with Gasteiger partial charge < -0.3 is 4.90 Å². The summed E-state index contributed by atoms with van der Waals surface area (Å²) in [6.07, 6.45) is 5.22. The van der Waals surface area contributed by atoms with Crippen LogP contribution in [-0.2, 0) is 11.3 Å². The zero-order valence-electron chi connectivity index (χ0n) is 14.0. The zero-order valence-corrected chi connectivity index (χ0v) is 14.0. The van der Waals surface area contributed by atoms with Gasteiger partial charge in [0, 0.05) is 31.6 Å². The number of rotatable bonds is 5. The average molecular weight is 337 g/mol. The molecule has 1 saturated heterocycles. The average Bonchev–Trinajstić information content (AvgIpc) is 2.99. The number of halogens is 2. The predicted molar refractivity (Wildman–Crippen MR) is 87.9 cm³/mol. The number of hydrogen-bond acceptors (Lipinski definition) is 3. The monoisotopic (exact) mass is 337 g/mol. The first-order valence-electron chi connectivity index (χ1n) is 8.81. The van der Waals surface area contributed by atoms with E-state index in [0.717, 1.165) is 25.0 Å². The molecule has 1 aliphatic heterocycles. The molecule has 0 radical (unpaired) electrons. The molecule has 1 saturated carbocycles. The van der Waals surface area contributed by atoms with Crippen LogP contribution in [0.4, 0.5) is 8.78 Å². The number of hydrazine groups is 1. The van der Waals surface area contributed by atoms with Gasteiger partial charge in [-0.05, 0) is 43.4 Å². The molecule has 3 rings (SSSR count).